The van der Waals surface area contributed by atoms with Crippen molar-refractivity contribution in [3.05, 3.63) is 70.7 Å². The van der Waals surface area contributed by atoms with E-state index in [2.05, 4.69) is 26.1 Å². The molecule has 3 nitrogen and oxygen atoms in total. The highest BCUT2D eigenvalue weighted by molar-refractivity contribution is 9.10. The Morgan fingerprint density at radius 1 is 1.14 bits per heavy atom. The Hall–Kier alpha value is -1.66. The SMILES string of the molecule is Fc1ccc(CSc2nncn2-c2ccccc2)c(Br)c1. The number of thioether (sulfide) groups is 1. The number of hydrogen-bond acceptors (Lipinski definition) is 3. The number of rotatable bonds is 4. The fourth-order valence-corrected chi connectivity index (χ4v) is 3.48. The molecule has 1 heterocycles. The van der Waals surface area contributed by atoms with E-state index in [1.165, 1.54) is 12.1 Å². The van der Waals surface area contributed by atoms with Crippen molar-refractivity contribution in [3.63, 3.8) is 0 Å². The molecule has 0 aliphatic carbocycles. The molecule has 0 atom stereocenters. The van der Waals surface area contributed by atoms with Crippen LogP contribution >= 0.6 is 27.7 Å². The van der Waals surface area contributed by atoms with Crippen molar-refractivity contribution in [1.29, 1.82) is 0 Å². The molecular weight excluding hydrogens is 353 g/mol. The lowest BCUT2D eigenvalue weighted by Crippen LogP contribution is -1.95. The van der Waals surface area contributed by atoms with Crippen LogP contribution in [0.25, 0.3) is 5.69 Å². The van der Waals surface area contributed by atoms with E-state index in [4.69, 9.17) is 0 Å². The zero-order chi connectivity index (χ0) is 14.7. The smallest absolute Gasteiger partial charge is 0.195 e. The second-order valence-corrected chi connectivity index (χ2v) is 6.14. The van der Waals surface area contributed by atoms with Gasteiger partial charge in [-0.2, -0.15) is 0 Å². The van der Waals surface area contributed by atoms with E-state index in [-0.39, 0.29) is 5.82 Å². The van der Waals surface area contributed by atoms with Crippen LogP contribution < -0.4 is 0 Å². The monoisotopic (exact) mass is 363 g/mol. The molecule has 0 unspecified atom stereocenters. The van der Waals surface area contributed by atoms with Gasteiger partial charge in [-0.05, 0) is 29.8 Å². The van der Waals surface area contributed by atoms with Crippen molar-refractivity contribution >= 4 is 27.7 Å². The first kappa shape index (κ1) is 14.3. The Kier molecular flexibility index (Phi) is 4.36. The standard InChI is InChI=1S/C15H11BrFN3S/c16-14-8-12(17)7-6-11(14)9-21-15-19-18-10-20(15)13-4-2-1-3-5-13/h1-8,10H,9H2. The Morgan fingerprint density at radius 2 is 1.95 bits per heavy atom. The maximum Gasteiger partial charge on any atom is 0.195 e. The molecule has 3 rings (SSSR count). The summed E-state index contributed by atoms with van der Waals surface area (Å²) in [5.74, 6) is 0.440. The summed E-state index contributed by atoms with van der Waals surface area (Å²) in [7, 11) is 0. The van der Waals surface area contributed by atoms with Gasteiger partial charge in [-0.15, -0.1) is 10.2 Å². The molecule has 0 aliphatic heterocycles. The van der Waals surface area contributed by atoms with E-state index in [0.29, 0.717) is 5.75 Å². The predicted octanol–water partition coefficient (Wildman–Crippen LogP) is 4.46. The lowest BCUT2D eigenvalue weighted by Gasteiger charge is -2.07. The minimum absolute atomic E-state index is 0.247. The van der Waals surface area contributed by atoms with Crippen LogP contribution in [0.4, 0.5) is 4.39 Å². The van der Waals surface area contributed by atoms with Gasteiger partial charge in [-0.3, -0.25) is 4.57 Å². The van der Waals surface area contributed by atoms with E-state index in [1.54, 1.807) is 24.2 Å². The van der Waals surface area contributed by atoms with E-state index in [9.17, 15) is 4.39 Å². The highest BCUT2D eigenvalue weighted by Crippen LogP contribution is 2.27. The zero-order valence-electron chi connectivity index (χ0n) is 10.9. The van der Waals surface area contributed by atoms with Gasteiger partial charge in [0.1, 0.15) is 12.1 Å². The molecule has 6 heteroatoms. The summed E-state index contributed by atoms with van der Waals surface area (Å²) < 4.78 is 15.8. The molecule has 0 spiro atoms. The minimum atomic E-state index is -0.247. The molecule has 3 aromatic rings. The topological polar surface area (TPSA) is 30.7 Å². The Labute approximate surface area is 134 Å². The number of aromatic nitrogens is 3. The number of hydrogen-bond donors (Lipinski definition) is 0. The summed E-state index contributed by atoms with van der Waals surface area (Å²) in [5.41, 5.74) is 2.03. The second kappa shape index (κ2) is 6.41. The lowest BCUT2D eigenvalue weighted by atomic mass is 10.2. The fourth-order valence-electron chi connectivity index (χ4n) is 1.87. The van der Waals surface area contributed by atoms with Gasteiger partial charge in [0.2, 0.25) is 0 Å². The van der Waals surface area contributed by atoms with E-state index < -0.39 is 0 Å². The fraction of sp³-hybridized carbons (Fsp3) is 0.0667. The zero-order valence-corrected chi connectivity index (χ0v) is 13.3. The van der Waals surface area contributed by atoms with Crippen LogP contribution in [0.5, 0.6) is 0 Å². The van der Waals surface area contributed by atoms with Gasteiger partial charge in [-0.1, -0.05) is 52.0 Å². The third kappa shape index (κ3) is 3.33. The molecule has 0 radical (unpaired) electrons. The molecule has 106 valence electrons. The number of benzene rings is 2. The third-order valence-corrected chi connectivity index (χ3v) is 4.65. The Balaban J connectivity index is 1.79. The average molecular weight is 364 g/mol. The van der Waals surface area contributed by atoms with E-state index in [0.717, 1.165) is 20.9 Å². The van der Waals surface area contributed by atoms with Crippen LogP contribution in [0.3, 0.4) is 0 Å². The quantitative estimate of drug-likeness (QED) is 0.641. The van der Waals surface area contributed by atoms with Crippen LogP contribution in [0.15, 0.2) is 64.5 Å². The normalized spacial score (nSPS) is 10.8. The van der Waals surface area contributed by atoms with Crippen molar-refractivity contribution in [1.82, 2.24) is 14.8 Å². The summed E-state index contributed by atoms with van der Waals surface area (Å²) in [6.45, 7) is 0. The van der Waals surface area contributed by atoms with Gasteiger partial charge in [0.05, 0.1) is 0 Å². The number of para-hydroxylation sites is 1. The van der Waals surface area contributed by atoms with Gasteiger partial charge in [0.25, 0.3) is 0 Å². The molecule has 2 aromatic carbocycles. The first-order valence-electron chi connectivity index (χ1n) is 6.26. The molecule has 0 saturated heterocycles. The van der Waals surface area contributed by atoms with Crippen LogP contribution in [-0.2, 0) is 5.75 Å². The molecule has 1 aromatic heterocycles. The van der Waals surface area contributed by atoms with Gasteiger partial charge in [0.15, 0.2) is 5.16 Å². The summed E-state index contributed by atoms with van der Waals surface area (Å²) in [4.78, 5) is 0. The molecule has 21 heavy (non-hydrogen) atoms. The van der Waals surface area contributed by atoms with Crippen molar-refractivity contribution in [2.24, 2.45) is 0 Å². The van der Waals surface area contributed by atoms with Crippen molar-refractivity contribution in [3.8, 4) is 5.69 Å². The molecule has 0 N–H and O–H groups in total. The van der Waals surface area contributed by atoms with E-state index in [1.807, 2.05) is 34.9 Å². The maximum absolute atomic E-state index is 13.1. The molecule has 0 amide bonds. The average Bonchev–Trinajstić information content (AvgIpc) is 2.96. The van der Waals surface area contributed by atoms with Crippen molar-refractivity contribution in [2.45, 2.75) is 10.9 Å². The first-order valence-corrected chi connectivity index (χ1v) is 8.04. The van der Waals surface area contributed by atoms with Crippen molar-refractivity contribution in [2.75, 3.05) is 0 Å². The summed E-state index contributed by atoms with van der Waals surface area (Å²) >= 11 is 4.94. The molecular formula is C15H11BrFN3S. The van der Waals surface area contributed by atoms with Crippen LogP contribution in [0.1, 0.15) is 5.56 Å². The van der Waals surface area contributed by atoms with Crippen molar-refractivity contribution < 1.29 is 4.39 Å². The molecule has 0 fully saturated rings. The van der Waals surface area contributed by atoms with E-state index >= 15 is 0 Å². The predicted molar refractivity (Wildman–Crippen MR) is 85.0 cm³/mol. The summed E-state index contributed by atoms with van der Waals surface area (Å²) in [6.07, 6.45) is 1.69. The molecule has 0 saturated carbocycles. The first-order chi connectivity index (χ1) is 10.2. The third-order valence-electron chi connectivity index (χ3n) is 2.92. The largest absolute Gasteiger partial charge is 0.277 e. The Morgan fingerprint density at radius 3 is 2.71 bits per heavy atom. The minimum Gasteiger partial charge on any atom is -0.277 e. The summed E-state index contributed by atoms with van der Waals surface area (Å²) in [5, 5.41) is 8.91. The lowest BCUT2D eigenvalue weighted by molar-refractivity contribution is 0.626. The van der Waals surface area contributed by atoms with Crippen LogP contribution in [-0.4, -0.2) is 14.8 Å². The van der Waals surface area contributed by atoms with Crippen LogP contribution in [0.2, 0.25) is 0 Å². The highest BCUT2D eigenvalue weighted by atomic mass is 79.9. The van der Waals surface area contributed by atoms with Gasteiger partial charge >= 0.3 is 0 Å². The number of nitrogens with zero attached hydrogens (tertiary/aromatic N) is 3. The van der Waals surface area contributed by atoms with Gasteiger partial charge < -0.3 is 0 Å². The molecule has 0 bridgehead atoms. The Bertz CT molecular complexity index is 746. The van der Waals surface area contributed by atoms with Gasteiger partial charge in [-0.25, -0.2) is 4.39 Å². The molecule has 0 aliphatic rings. The highest BCUT2D eigenvalue weighted by Gasteiger charge is 2.09. The van der Waals surface area contributed by atoms with Gasteiger partial charge in [0, 0.05) is 15.9 Å². The maximum atomic E-state index is 13.1. The number of halogens is 2. The van der Waals surface area contributed by atoms with Crippen LogP contribution in [0, 0.1) is 5.82 Å². The summed E-state index contributed by atoms with van der Waals surface area (Å²) in [6, 6.07) is 14.6. The second-order valence-electron chi connectivity index (χ2n) is 4.34.